The predicted octanol–water partition coefficient (Wildman–Crippen LogP) is 26.6. The summed E-state index contributed by atoms with van der Waals surface area (Å²) in [6, 6.07) is 88.6. The van der Waals surface area contributed by atoms with Gasteiger partial charge in [-0.25, -0.2) is 44.9 Å². The van der Waals surface area contributed by atoms with Gasteiger partial charge >= 0.3 is 0 Å². The number of Topliss-reactive ketones (excluding diaryl/α,β-unsaturated/α-hetero) is 1. The molecule has 122 heavy (non-hydrogen) atoms. The lowest BCUT2D eigenvalue weighted by molar-refractivity contribution is 0.101. The second-order valence-electron chi connectivity index (χ2n) is 37.4. The van der Waals surface area contributed by atoms with Gasteiger partial charge in [0.2, 0.25) is 0 Å². The summed E-state index contributed by atoms with van der Waals surface area (Å²) in [6.45, 7) is 43.6. The Hall–Kier alpha value is -13.4. The smallest absolute Gasteiger partial charge is 0.165 e. The molecule has 0 aliphatic heterocycles. The highest BCUT2D eigenvalue weighted by atomic mass is 16.1. The largest absolute Gasteiger partial charge is 0.295 e. The van der Waals surface area contributed by atoms with E-state index in [-0.39, 0.29) is 38.3 Å². The van der Waals surface area contributed by atoms with Gasteiger partial charge in [-0.05, 0) is 133 Å². The second-order valence-corrected chi connectivity index (χ2v) is 37.4. The molecule has 0 amide bonds. The lowest BCUT2D eigenvalue weighted by atomic mass is 9.86. The number of hydrogen-bond donors (Lipinski definition) is 0. The molecule has 612 valence electrons. The van der Waals surface area contributed by atoms with Crippen LogP contribution >= 0.6 is 0 Å². The molecule has 15 aromatic rings. The number of hydrogen-bond acceptors (Lipinski definition) is 14. The number of rotatable bonds is 15. The molecular formula is C108H109N13O. The van der Waals surface area contributed by atoms with Gasteiger partial charge in [0.05, 0.1) is 28.7 Å². The third-order valence-electron chi connectivity index (χ3n) is 21.7. The number of carbonyl (C=O) groups is 1. The van der Waals surface area contributed by atoms with Crippen LogP contribution in [0.4, 0.5) is 0 Å². The standard InChI is InChI=1S/C37H40N4.C36H36N4O.C35H33N5/c1-8-9-25-10-12-26(13-11-25)32-23-18-29(24-38-32)35-40-33(27-14-19-30(20-15-27)36(2,3)4)39-34(41-35)28-16-21-31(22-17-28)37(5,6)7;1-23(41)24-8-10-25(11-9-24)31-21-16-28(22-37-31)34-39-32(26-12-17-29(18-13-26)35(2,3)4)38-33(40-34)27-14-19-30(20-15-27)36(5,6)7;1-34(2,3)28-16-11-25(12-17-28)31-38-32(26-13-18-29(19-14-26)35(4,5)6)40-33(39-31)27-15-20-30(37-22-27)24-9-7-23(21-36)8-10-24/h10-24H,8-9H2,1-7H3;8-22H,1-7H3;7-20,22H,1-6H3. The van der Waals surface area contributed by atoms with Gasteiger partial charge in [0.15, 0.2) is 58.2 Å². The topological polar surface area (TPSA) is 196 Å². The molecule has 6 aromatic heterocycles. The summed E-state index contributed by atoms with van der Waals surface area (Å²) in [5, 5.41) is 9.08. The first-order chi connectivity index (χ1) is 57.9. The molecule has 0 aliphatic rings. The summed E-state index contributed by atoms with van der Waals surface area (Å²) in [6.07, 6.45) is 7.69. The van der Waals surface area contributed by atoms with Crippen molar-refractivity contribution in [2.24, 2.45) is 0 Å². The highest BCUT2D eigenvalue weighted by Gasteiger charge is 2.24. The minimum absolute atomic E-state index is 0.0439. The number of aryl methyl sites for hydroxylation is 1. The molecule has 0 aliphatic carbocycles. The van der Waals surface area contributed by atoms with Gasteiger partial charge in [0.25, 0.3) is 0 Å². The molecule has 15 rings (SSSR count). The number of aromatic nitrogens is 12. The Kier molecular flexibility index (Phi) is 25.4. The maximum Gasteiger partial charge on any atom is 0.165 e. The molecule has 0 atom stereocenters. The fourth-order valence-corrected chi connectivity index (χ4v) is 13.8. The summed E-state index contributed by atoms with van der Waals surface area (Å²) in [5.74, 6) is 5.58. The van der Waals surface area contributed by atoms with Gasteiger partial charge in [-0.1, -0.05) is 344 Å². The average Bonchev–Trinajstić information content (AvgIpc) is 0.795. The van der Waals surface area contributed by atoms with Crippen molar-refractivity contribution in [2.45, 2.75) is 184 Å². The Morgan fingerprint density at radius 2 is 0.443 bits per heavy atom. The molecular weight excluding hydrogens is 1500 g/mol. The van der Waals surface area contributed by atoms with Crippen LogP contribution in [0.2, 0.25) is 0 Å². The molecule has 6 heterocycles. The number of ketones is 1. The van der Waals surface area contributed by atoms with Crippen molar-refractivity contribution >= 4 is 5.78 Å². The van der Waals surface area contributed by atoms with Gasteiger partial charge in [-0.2, -0.15) is 5.26 Å². The number of nitrogens with zero attached hydrogens (tertiary/aromatic N) is 13. The van der Waals surface area contributed by atoms with Crippen molar-refractivity contribution in [3.8, 4) is 142 Å². The first-order valence-corrected chi connectivity index (χ1v) is 41.9. The minimum atomic E-state index is 0.0439. The number of carbonyl (C=O) groups excluding carboxylic acids is 1. The zero-order chi connectivity index (χ0) is 87.1. The fraction of sp³-hybridized carbons (Fsp3) is 0.259. The summed E-state index contributed by atoms with van der Waals surface area (Å²) >= 11 is 0. The van der Waals surface area contributed by atoms with Crippen LogP contribution in [0.3, 0.4) is 0 Å². The molecule has 14 nitrogen and oxygen atoms in total. The Morgan fingerprint density at radius 1 is 0.254 bits per heavy atom. The summed E-state index contributed by atoms with van der Waals surface area (Å²) in [7, 11) is 0. The fourth-order valence-electron chi connectivity index (χ4n) is 13.8. The first-order valence-electron chi connectivity index (χ1n) is 41.9. The zero-order valence-corrected chi connectivity index (χ0v) is 74.1. The molecule has 0 saturated carbocycles. The Balaban J connectivity index is 0.000000158. The predicted molar refractivity (Wildman–Crippen MR) is 499 cm³/mol. The number of pyridine rings is 3. The van der Waals surface area contributed by atoms with Crippen LogP contribution in [-0.4, -0.2) is 65.6 Å². The van der Waals surface area contributed by atoms with Crippen LogP contribution in [0.15, 0.2) is 273 Å². The van der Waals surface area contributed by atoms with E-state index in [0.29, 0.717) is 63.5 Å². The van der Waals surface area contributed by atoms with Crippen molar-refractivity contribution in [3.05, 3.63) is 323 Å². The first kappa shape index (κ1) is 86.5. The average molecular weight is 1610 g/mol. The lowest BCUT2D eigenvalue weighted by Gasteiger charge is -2.19. The quantitative estimate of drug-likeness (QED) is 0.0879. The van der Waals surface area contributed by atoms with Crippen LogP contribution in [0.25, 0.3) is 136 Å². The van der Waals surface area contributed by atoms with Gasteiger partial charge in [0, 0.05) is 90.9 Å². The van der Waals surface area contributed by atoms with E-state index >= 15 is 0 Å². The van der Waals surface area contributed by atoms with E-state index in [1.54, 1.807) is 31.5 Å². The molecule has 9 aromatic carbocycles. The van der Waals surface area contributed by atoms with Gasteiger partial charge in [-0.3, -0.25) is 19.7 Å². The lowest BCUT2D eigenvalue weighted by Crippen LogP contribution is -2.11. The highest BCUT2D eigenvalue weighted by Crippen LogP contribution is 2.37. The van der Waals surface area contributed by atoms with Crippen molar-refractivity contribution in [3.63, 3.8) is 0 Å². The summed E-state index contributed by atoms with van der Waals surface area (Å²) in [5.41, 5.74) is 24.3. The Morgan fingerprint density at radius 3 is 0.623 bits per heavy atom. The van der Waals surface area contributed by atoms with Crippen LogP contribution < -0.4 is 0 Å². The minimum Gasteiger partial charge on any atom is -0.295 e. The van der Waals surface area contributed by atoms with Crippen LogP contribution in [0.1, 0.15) is 200 Å². The Bertz CT molecular complexity index is 5930. The maximum absolute atomic E-state index is 11.6. The number of benzene rings is 9. The van der Waals surface area contributed by atoms with Crippen molar-refractivity contribution in [2.75, 3.05) is 0 Å². The third kappa shape index (κ3) is 21.4. The maximum atomic E-state index is 11.6. The van der Waals surface area contributed by atoms with Crippen molar-refractivity contribution in [1.29, 1.82) is 5.26 Å². The second kappa shape index (κ2) is 35.9. The summed E-state index contributed by atoms with van der Waals surface area (Å²) < 4.78 is 0. The molecule has 0 fully saturated rings. The van der Waals surface area contributed by atoms with E-state index in [1.807, 2.05) is 72.9 Å². The van der Waals surface area contributed by atoms with Gasteiger partial charge < -0.3 is 0 Å². The van der Waals surface area contributed by atoms with E-state index in [2.05, 4.69) is 319 Å². The van der Waals surface area contributed by atoms with E-state index < -0.39 is 0 Å². The van der Waals surface area contributed by atoms with E-state index in [1.165, 1.54) is 38.9 Å². The molecule has 0 radical (unpaired) electrons. The SMILES string of the molecule is CC(=O)c1ccc(-c2ccc(-c3nc(-c4ccc(C(C)(C)C)cc4)nc(-c4ccc(C(C)(C)C)cc4)n3)cn2)cc1.CC(C)(C)c1ccc(-c2nc(-c3ccc(C(C)(C)C)cc3)nc(-c3ccc(-c4ccc(C#N)cc4)nc3)n2)cc1.CCCc1ccc(-c2ccc(-c3nc(-c4ccc(C(C)(C)C)cc4)nc(-c4ccc(C(C)(C)C)cc4)n3)cn2)cc1. The van der Waals surface area contributed by atoms with E-state index in [0.717, 1.165) is 96.7 Å². The highest BCUT2D eigenvalue weighted by molar-refractivity contribution is 5.94. The molecule has 14 heteroatoms. The zero-order valence-electron chi connectivity index (χ0n) is 74.1. The van der Waals surface area contributed by atoms with Crippen LogP contribution in [-0.2, 0) is 38.9 Å². The monoisotopic (exact) mass is 1600 g/mol. The van der Waals surface area contributed by atoms with Gasteiger partial charge in [0.1, 0.15) is 0 Å². The van der Waals surface area contributed by atoms with Crippen molar-refractivity contribution < 1.29 is 4.79 Å². The number of nitriles is 1. The molecule has 0 N–H and O–H groups in total. The van der Waals surface area contributed by atoms with Crippen LogP contribution in [0.5, 0.6) is 0 Å². The summed E-state index contributed by atoms with van der Waals surface area (Å²) in [4.78, 5) is 69.9. The Labute approximate surface area is 720 Å². The van der Waals surface area contributed by atoms with Gasteiger partial charge in [-0.15, -0.1) is 0 Å². The molecule has 0 spiro atoms. The normalized spacial score (nSPS) is 11.9. The molecule has 0 bridgehead atoms. The van der Waals surface area contributed by atoms with E-state index in [4.69, 9.17) is 60.1 Å². The van der Waals surface area contributed by atoms with Crippen molar-refractivity contribution in [1.82, 2.24) is 59.8 Å². The molecule has 0 saturated heterocycles. The van der Waals surface area contributed by atoms with E-state index in [9.17, 15) is 4.79 Å². The van der Waals surface area contributed by atoms with Crippen LogP contribution in [0, 0.1) is 11.3 Å². The molecule has 0 unspecified atom stereocenters. The third-order valence-corrected chi connectivity index (χ3v) is 21.7.